The van der Waals surface area contributed by atoms with Crippen molar-refractivity contribution in [2.24, 2.45) is 5.73 Å². The van der Waals surface area contributed by atoms with Crippen LogP contribution in [0.25, 0.3) is 0 Å². The van der Waals surface area contributed by atoms with Crippen LogP contribution >= 0.6 is 0 Å². The van der Waals surface area contributed by atoms with Crippen molar-refractivity contribution in [2.45, 2.75) is 31.5 Å². The van der Waals surface area contributed by atoms with Crippen LogP contribution < -0.4 is 67.5 Å². The minimum Gasteiger partial charge on any atom is -0.548 e. The van der Waals surface area contributed by atoms with Crippen LogP contribution in [0.4, 0.5) is 0 Å². The van der Waals surface area contributed by atoms with Crippen molar-refractivity contribution in [3.05, 3.63) is 18.2 Å². The third kappa shape index (κ3) is 6.12. The number of hydrogen-bond donors (Lipinski definition) is 4. The first-order valence-electron chi connectivity index (χ1n) is 5.34. The van der Waals surface area contributed by atoms with Gasteiger partial charge in [-0.05, 0) is 6.92 Å². The number of aromatic amines is 1. The van der Waals surface area contributed by atoms with Crippen LogP contribution in [0, 0.1) is 0 Å². The van der Waals surface area contributed by atoms with Crippen LogP contribution in [-0.4, -0.2) is 45.1 Å². The molecule has 0 radical (unpaired) electrons. The van der Waals surface area contributed by atoms with Gasteiger partial charge in [-0.15, -0.1) is 0 Å². The largest absolute Gasteiger partial charge is 1.00 e. The Hall–Kier alpha value is -0.294. The minimum absolute atomic E-state index is 0. The Kier molecular flexibility index (Phi) is 8.66. The summed E-state index contributed by atoms with van der Waals surface area (Å²) in [6.45, 7) is 1.49. The number of carboxylic acid groups (broad SMARTS) is 2. The molecule has 0 bridgehead atoms. The van der Waals surface area contributed by atoms with Crippen LogP contribution in [0.15, 0.2) is 12.5 Å². The van der Waals surface area contributed by atoms with Crippen LogP contribution in [0.5, 0.6) is 0 Å². The predicted molar refractivity (Wildman–Crippen MR) is 59.3 cm³/mol. The molecule has 0 fully saturated rings. The third-order valence-corrected chi connectivity index (χ3v) is 2.55. The summed E-state index contributed by atoms with van der Waals surface area (Å²) < 4.78 is 0. The fraction of sp³-hybridized carbons (Fsp3) is 0.500. The number of rotatable bonds is 7. The molecular formula is C10H15KN4O4. The van der Waals surface area contributed by atoms with E-state index in [2.05, 4.69) is 15.3 Å². The molecule has 1 heterocycles. The zero-order valence-electron chi connectivity index (χ0n) is 10.8. The molecule has 5 N–H and O–H groups in total. The van der Waals surface area contributed by atoms with Gasteiger partial charge in [0, 0.05) is 24.4 Å². The van der Waals surface area contributed by atoms with Crippen molar-refractivity contribution >= 4 is 11.9 Å². The van der Waals surface area contributed by atoms with Gasteiger partial charge in [-0.2, -0.15) is 0 Å². The molecule has 3 unspecified atom stereocenters. The Morgan fingerprint density at radius 1 is 1.63 bits per heavy atom. The Labute approximate surface area is 152 Å². The molecule has 0 amide bonds. The summed E-state index contributed by atoms with van der Waals surface area (Å²) in [6, 6.07) is -2.95. The SMILES string of the molecule is CC(NC(Cc1cnc[nH]1)C(=O)O)C(N)C(=O)[O-].[K+]. The molecule has 0 aromatic carbocycles. The molecule has 0 aliphatic heterocycles. The molecule has 8 nitrogen and oxygen atoms in total. The van der Waals surface area contributed by atoms with Gasteiger partial charge < -0.3 is 25.7 Å². The summed E-state index contributed by atoms with van der Waals surface area (Å²) in [7, 11) is 0. The van der Waals surface area contributed by atoms with Gasteiger partial charge >= 0.3 is 57.4 Å². The van der Waals surface area contributed by atoms with Crippen LogP contribution in [0.2, 0.25) is 0 Å². The van der Waals surface area contributed by atoms with Crippen molar-refractivity contribution in [1.29, 1.82) is 0 Å². The van der Waals surface area contributed by atoms with E-state index >= 15 is 0 Å². The molecule has 0 aliphatic rings. The summed E-state index contributed by atoms with van der Waals surface area (Å²) in [5, 5.41) is 22.3. The quantitative estimate of drug-likeness (QED) is 0.367. The summed E-state index contributed by atoms with van der Waals surface area (Å²) in [5.74, 6) is -2.53. The molecule has 100 valence electrons. The Bertz CT molecular complexity index is 412. The van der Waals surface area contributed by atoms with Crippen molar-refractivity contribution in [2.75, 3.05) is 0 Å². The van der Waals surface area contributed by atoms with E-state index in [9.17, 15) is 14.7 Å². The molecule has 0 saturated heterocycles. The topological polar surface area (TPSA) is 144 Å². The number of carboxylic acids is 2. The van der Waals surface area contributed by atoms with Crippen molar-refractivity contribution in [1.82, 2.24) is 15.3 Å². The molecule has 1 aromatic heterocycles. The Morgan fingerprint density at radius 2 is 2.26 bits per heavy atom. The Balaban J connectivity index is 0.00000324. The molecule has 1 aromatic rings. The molecule has 0 aliphatic carbocycles. The fourth-order valence-corrected chi connectivity index (χ4v) is 1.46. The van der Waals surface area contributed by atoms with Crippen molar-refractivity contribution in [3.63, 3.8) is 0 Å². The smallest absolute Gasteiger partial charge is 0.548 e. The van der Waals surface area contributed by atoms with Gasteiger partial charge in [-0.25, -0.2) is 4.98 Å². The van der Waals surface area contributed by atoms with Crippen LogP contribution in [0.3, 0.4) is 0 Å². The van der Waals surface area contributed by atoms with E-state index in [1.807, 2.05) is 0 Å². The second-order valence-corrected chi connectivity index (χ2v) is 3.97. The first-order valence-corrected chi connectivity index (χ1v) is 5.34. The molecule has 19 heavy (non-hydrogen) atoms. The number of nitrogens with one attached hydrogen (secondary N) is 2. The monoisotopic (exact) mass is 294 g/mol. The van der Waals surface area contributed by atoms with E-state index < -0.39 is 30.1 Å². The molecule has 0 spiro atoms. The molecule has 1 rings (SSSR count). The maximum Gasteiger partial charge on any atom is 1.00 e. The van der Waals surface area contributed by atoms with Crippen LogP contribution in [-0.2, 0) is 16.0 Å². The minimum atomic E-state index is -1.43. The van der Waals surface area contributed by atoms with Gasteiger partial charge in [0.05, 0.1) is 18.3 Å². The zero-order chi connectivity index (χ0) is 13.7. The van der Waals surface area contributed by atoms with E-state index in [0.29, 0.717) is 5.69 Å². The Morgan fingerprint density at radius 3 is 2.68 bits per heavy atom. The molecule has 3 atom stereocenters. The number of carbonyl (C=O) groups is 2. The van der Waals surface area contributed by atoms with E-state index in [4.69, 9.17) is 10.8 Å². The number of carbonyl (C=O) groups excluding carboxylic acids is 1. The second kappa shape index (κ2) is 8.79. The number of nitrogens with zero attached hydrogens (tertiary/aromatic N) is 1. The fourth-order valence-electron chi connectivity index (χ4n) is 1.46. The van der Waals surface area contributed by atoms with Gasteiger partial charge in [0.1, 0.15) is 6.04 Å². The second-order valence-electron chi connectivity index (χ2n) is 3.97. The van der Waals surface area contributed by atoms with Gasteiger partial charge in [0.25, 0.3) is 0 Å². The summed E-state index contributed by atoms with van der Waals surface area (Å²) in [6.07, 6.45) is 3.09. The van der Waals surface area contributed by atoms with Gasteiger partial charge in [-0.1, -0.05) is 0 Å². The van der Waals surface area contributed by atoms with E-state index in [1.54, 1.807) is 0 Å². The third-order valence-electron chi connectivity index (χ3n) is 2.55. The number of H-pyrrole nitrogens is 1. The van der Waals surface area contributed by atoms with Gasteiger partial charge in [0.15, 0.2) is 0 Å². The molecule has 0 saturated carbocycles. The number of imidazole rings is 1. The van der Waals surface area contributed by atoms with E-state index in [1.165, 1.54) is 19.4 Å². The summed E-state index contributed by atoms with van der Waals surface area (Å²) in [5.41, 5.74) is 5.97. The summed E-state index contributed by atoms with van der Waals surface area (Å²) in [4.78, 5) is 28.2. The number of aliphatic carboxylic acids is 2. The first-order chi connectivity index (χ1) is 8.41. The van der Waals surface area contributed by atoms with Crippen molar-refractivity contribution < 1.29 is 71.2 Å². The number of hydrogen-bond acceptors (Lipinski definition) is 6. The zero-order valence-corrected chi connectivity index (χ0v) is 13.9. The predicted octanol–water partition coefficient (Wildman–Crippen LogP) is -5.54. The van der Waals surface area contributed by atoms with Crippen LogP contribution in [0.1, 0.15) is 12.6 Å². The van der Waals surface area contributed by atoms with E-state index in [0.717, 1.165) is 0 Å². The first kappa shape index (κ1) is 18.7. The average Bonchev–Trinajstić information content (AvgIpc) is 2.79. The maximum atomic E-state index is 11.1. The van der Waals surface area contributed by atoms with Crippen molar-refractivity contribution in [3.8, 4) is 0 Å². The molecule has 9 heteroatoms. The van der Waals surface area contributed by atoms with Gasteiger partial charge in [0.2, 0.25) is 0 Å². The molecular weight excluding hydrogens is 279 g/mol. The average molecular weight is 294 g/mol. The summed E-state index contributed by atoms with van der Waals surface area (Å²) >= 11 is 0. The number of aromatic nitrogens is 2. The number of nitrogens with two attached hydrogens (primary N) is 1. The van der Waals surface area contributed by atoms with Gasteiger partial charge in [-0.3, -0.25) is 10.1 Å². The standard InChI is InChI=1S/C10H16N4O4.K/c1-5(8(11)10(17)18)14-7(9(15)16)2-6-3-12-4-13-6;/h3-5,7-8,14H,2,11H2,1H3,(H,12,13)(H,15,16)(H,17,18);/q;+1/p-1. The van der Waals surface area contributed by atoms with E-state index in [-0.39, 0.29) is 57.8 Å². The normalized spacial score (nSPS) is 15.1. The maximum absolute atomic E-state index is 11.1.